The molecule has 1 heterocycles. The summed E-state index contributed by atoms with van der Waals surface area (Å²) < 4.78 is 63.1. The van der Waals surface area contributed by atoms with Gasteiger partial charge in [0.05, 0.1) is 6.20 Å². The molecule has 0 unspecified atom stereocenters. The van der Waals surface area contributed by atoms with Crippen molar-refractivity contribution in [3.8, 4) is 11.3 Å². The molecule has 8 heteroatoms. The summed E-state index contributed by atoms with van der Waals surface area (Å²) in [5, 5.41) is 7.89. The van der Waals surface area contributed by atoms with Crippen molar-refractivity contribution in [3.63, 3.8) is 0 Å². The fourth-order valence-corrected chi connectivity index (χ4v) is 2.10. The predicted octanol–water partition coefficient (Wildman–Crippen LogP) is 4.21. The van der Waals surface area contributed by atoms with E-state index in [2.05, 4.69) is 10.3 Å². The zero-order valence-electron chi connectivity index (χ0n) is 10.9. The highest BCUT2D eigenvalue weighted by molar-refractivity contribution is 5.95. The number of alkyl halides is 5. The molecule has 0 N–H and O–H groups in total. The first kappa shape index (κ1) is 14.4. The lowest BCUT2D eigenvalue weighted by atomic mass is 10.0. The summed E-state index contributed by atoms with van der Waals surface area (Å²) in [4.78, 5) is 0. The third kappa shape index (κ3) is 2.20. The van der Waals surface area contributed by atoms with Gasteiger partial charge >= 0.3 is 12.2 Å². The van der Waals surface area contributed by atoms with Crippen molar-refractivity contribution in [2.45, 2.75) is 12.2 Å². The van der Waals surface area contributed by atoms with E-state index in [0.717, 1.165) is 5.39 Å². The van der Waals surface area contributed by atoms with Crippen LogP contribution in [-0.4, -0.2) is 21.2 Å². The van der Waals surface area contributed by atoms with E-state index in [9.17, 15) is 22.0 Å². The average molecular weight is 313 g/mol. The number of hydrogen-bond donors (Lipinski definition) is 0. The molecule has 114 valence electrons. The fraction of sp³-hybridized carbons (Fsp3) is 0.143. The third-order valence-corrected chi connectivity index (χ3v) is 3.19. The average Bonchev–Trinajstić information content (AvgIpc) is 2.95. The van der Waals surface area contributed by atoms with Gasteiger partial charge < -0.3 is 0 Å². The molecule has 0 fully saturated rings. The maximum atomic E-state index is 13.2. The van der Waals surface area contributed by atoms with Crippen LogP contribution in [0.5, 0.6) is 0 Å². The Morgan fingerprint density at radius 2 is 1.55 bits per heavy atom. The van der Waals surface area contributed by atoms with Crippen molar-refractivity contribution in [2.24, 2.45) is 0 Å². The van der Waals surface area contributed by atoms with Gasteiger partial charge in [-0.15, -0.1) is 5.10 Å². The lowest BCUT2D eigenvalue weighted by molar-refractivity contribution is -0.328. The van der Waals surface area contributed by atoms with E-state index in [1.54, 1.807) is 42.5 Å². The van der Waals surface area contributed by atoms with Gasteiger partial charge in [0, 0.05) is 5.56 Å². The SMILES string of the molecule is FC(F)(F)C(F)(F)n1cc(-c2cccc3ccccc23)nn1. The van der Waals surface area contributed by atoms with Crippen LogP contribution in [0.2, 0.25) is 0 Å². The summed E-state index contributed by atoms with van der Waals surface area (Å²) in [7, 11) is 0. The number of benzene rings is 2. The molecule has 0 amide bonds. The van der Waals surface area contributed by atoms with E-state index in [1.807, 2.05) is 0 Å². The van der Waals surface area contributed by atoms with E-state index in [1.165, 1.54) is 0 Å². The smallest absolute Gasteiger partial charge is 0.180 e. The quantitative estimate of drug-likeness (QED) is 0.664. The summed E-state index contributed by atoms with van der Waals surface area (Å²) in [5.74, 6) is 0. The Morgan fingerprint density at radius 1 is 0.864 bits per heavy atom. The fourth-order valence-electron chi connectivity index (χ4n) is 2.10. The van der Waals surface area contributed by atoms with Crippen LogP contribution in [0.25, 0.3) is 22.0 Å². The lowest BCUT2D eigenvalue weighted by Gasteiger charge is -2.18. The molecular weight excluding hydrogens is 305 g/mol. The van der Waals surface area contributed by atoms with Crippen LogP contribution in [0, 0.1) is 0 Å². The highest BCUT2D eigenvalue weighted by Gasteiger charge is 2.60. The summed E-state index contributed by atoms with van der Waals surface area (Å²) in [6.45, 7) is 0. The molecule has 3 rings (SSSR count). The number of halogens is 5. The highest BCUT2D eigenvalue weighted by atomic mass is 19.4. The zero-order valence-corrected chi connectivity index (χ0v) is 10.9. The van der Waals surface area contributed by atoms with Crippen molar-refractivity contribution >= 4 is 10.8 Å². The molecule has 0 saturated heterocycles. The zero-order chi connectivity index (χ0) is 16.0. The minimum atomic E-state index is -5.74. The van der Waals surface area contributed by atoms with Gasteiger partial charge in [0.15, 0.2) is 0 Å². The van der Waals surface area contributed by atoms with Gasteiger partial charge in [-0.3, -0.25) is 0 Å². The van der Waals surface area contributed by atoms with Gasteiger partial charge in [-0.05, 0) is 10.8 Å². The van der Waals surface area contributed by atoms with Crippen molar-refractivity contribution < 1.29 is 22.0 Å². The Morgan fingerprint density at radius 3 is 2.27 bits per heavy atom. The van der Waals surface area contributed by atoms with Gasteiger partial charge in [0.1, 0.15) is 5.69 Å². The highest BCUT2D eigenvalue weighted by Crippen LogP contribution is 2.39. The summed E-state index contributed by atoms with van der Waals surface area (Å²) in [5.41, 5.74) is 0.378. The van der Waals surface area contributed by atoms with E-state index in [-0.39, 0.29) is 5.69 Å². The summed E-state index contributed by atoms with van der Waals surface area (Å²) >= 11 is 0. The molecule has 0 bridgehead atoms. The lowest BCUT2D eigenvalue weighted by Crippen LogP contribution is -2.40. The van der Waals surface area contributed by atoms with Crippen LogP contribution in [0.3, 0.4) is 0 Å². The second-order valence-corrected chi connectivity index (χ2v) is 4.61. The van der Waals surface area contributed by atoms with Crippen LogP contribution < -0.4 is 0 Å². The second-order valence-electron chi connectivity index (χ2n) is 4.61. The maximum Gasteiger partial charge on any atom is 0.477 e. The molecule has 0 aliphatic carbocycles. The van der Waals surface area contributed by atoms with Crippen LogP contribution in [-0.2, 0) is 6.05 Å². The molecule has 0 saturated carbocycles. The molecule has 3 aromatic rings. The van der Waals surface area contributed by atoms with Crippen LogP contribution in [0.15, 0.2) is 48.7 Å². The summed E-state index contributed by atoms with van der Waals surface area (Å²) in [6, 6.07) is 7.00. The van der Waals surface area contributed by atoms with Gasteiger partial charge in [-0.25, -0.2) is 0 Å². The second kappa shape index (κ2) is 4.75. The standard InChI is InChI=1S/C14H8F5N3/c15-13(16,17)14(18,19)22-8-12(20-21-22)11-7-3-5-9-4-1-2-6-10(9)11/h1-8H. The van der Waals surface area contributed by atoms with Crippen LogP contribution in [0.4, 0.5) is 22.0 Å². The van der Waals surface area contributed by atoms with Crippen molar-refractivity contribution in [2.75, 3.05) is 0 Å². The van der Waals surface area contributed by atoms with Crippen molar-refractivity contribution in [3.05, 3.63) is 48.7 Å². The maximum absolute atomic E-state index is 13.2. The normalized spacial score (nSPS) is 12.8. The van der Waals surface area contributed by atoms with Gasteiger partial charge in [0.25, 0.3) is 0 Å². The number of nitrogens with zero attached hydrogens (tertiary/aromatic N) is 3. The summed E-state index contributed by atoms with van der Waals surface area (Å²) in [6.07, 6.45) is -5.15. The van der Waals surface area contributed by atoms with E-state index < -0.39 is 16.9 Å². The van der Waals surface area contributed by atoms with Crippen LogP contribution >= 0.6 is 0 Å². The van der Waals surface area contributed by atoms with Gasteiger partial charge in [-0.1, -0.05) is 47.7 Å². The first-order valence-electron chi connectivity index (χ1n) is 6.16. The minimum Gasteiger partial charge on any atom is -0.180 e. The number of rotatable bonds is 2. The van der Waals surface area contributed by atoms with E-state index >= 15 is 0 Å². The Balaban J connectivity index is 2.11. The van der Waals surface area contributed by atoms with Gasteiger partial charge in [0.2, 0.25) is 0 Å². The molecule has 22 heavy (non-hydrogen) atoms. The Labute approximate surface area is 121 Å². The number of fused-ring (bicyclic) bond motifs is 1. The molecule has 0 radical (unpaired) electrons. The number of aromatic nitrogens is 3. The monoisotopic (exact) mass is 313 g/mol. The number of hydrogen-bond acceptors (Lipinski definition) is 2. The minimum absolute atomic E-state index is 0.0549. The molecule has 0 aliphatic heterocycles. The largest absolute Gasteiger partial charge is 0.477 e. The molecule has 1 aromatic heterocycles. The Kier molecular flexibility index (Phi) is 3.12. The van der Waals surface area contributed by atoms with E-state index in [4.69, 9.17) is 0 Å². The van der Waals surface area contributed by atoms with Crippen molar-refractivity contribution in [1.29, 1.82) is 0 Å². The molecule has 0 spiro atoms. The molecule has 2 aromatic carbocycles. The van der Waals surface area contributed by atoms with Crippen LogP contribution in [0.1, 0.15) is 0 Å². The first-order valence-corrected chi connectivity index (χ1v) is 6.16. The molecule has 0 aliphatic rings. The Hall–Kier alpha value is -2.51. The van der Waals surface area contributed by atoms with Gasteiger partial charge in [-0.2, -0.15) is 26.6 Å². The Bertz CT molecular complexity index is 817. The first-order chi connectivity index (χ1) is 10.3. The molecular formula is C14H8F5N3. The predicted molar refractivity (Wildman–Crippen MR) is 69.2 cm³/mol. The van der Waals surface area contributed by atoms with E-state index in [0.29, 0.717) is 17.1 Å². The third-order valence-electron chi connectivity index (χ3n) is 3.19. The molecule has 3 nitrogen and oxygen atoms in total. The topological polar surface area (TPSA) is 30.7 Å². The van der Waals surface area contributed by atoms with Crippen molar-refractivity contribution in [1.82, 2.24) is 15.0 Å². The molecule has 0 atom stereocenters.